The molecule has 0 aliphatic heterocycles. The number of halogens is 3. The summed E-state index contributed by atoms with van der Waals surface area (Å²) in [6, 6.07) is 3.56. The highest BCUT2D eigenvalue weighted by Crippen LogP contribution is 2.38. The van der Waals surface area contributed by atoms with Gasteiger partial charge in [0.05, 0.1) is 17.5 Å². The highest BCUT2D eigenvalue weighted by Gasteiger charge is 2.15. The summed E-state index contributed by atoms with van der Waals surface area (Å²) in [6.45, 7) is 2.24. The molecule has 0 aliphatic rings. The van der Waals surface area contributed by atoms with Gasteiger partial charge in [0.1, 0.15) is 5.75 Å². The van der Waals surface area contributed by atoms with Gasteiger partial charge < -0.3 is 4.74 Å². The number of alkyl halides is 1. The first-order valence-corrected chi connectivity index (χ1v) is 8.96. The fourth-order valence-corrected chi connectivity index (χ4v) is 3.30. The van der Waals surface area contributed by atoms with Gasteiger partial charge in [-0.05, 0) is 18.1 Å². The van der Waals surface area contributed by atoms with E-state index in [9.17, 15) is 0 Å². The van der Waals surface area contributed by atoms with E-state index >= 15 is 0 Å². The molecule has 0 aliphatic carbocycles. The molecule has 4 heteroatoms. The van der Waals surface area contributed by atoms with Crippen LogP contribution in [-0.4, -0.2) is 7.11 Å². The van der Waals surface area contributed by atoms with Crippen molar-refractivity contribution in [3.8, 4) is 5.75 Å². The second kappa shape index (κ2) is 10.6. The standard InChI is InChI=1S/C17H25Cl3O/c1-3-4-5-6-7-8-9-10-14(18)13-11-16(20)17(21-2)12-15(13)19/h11-12,14H,3-10H2,1-2H3. The molecule has 1 unspecified atom stereocenters. The van der Waals surface area contributed by atoms with E-state index in [-0.39, 0.29) is 5.38 Å². The lowest BCUT2D eigenvalue weighted by molar-refractivity contribution is 0.415. The van der Waals surface area contributed by atoms with E-state index in [2.05, 4.69) is 6.92 Å². The van der Waals surface area contributed by atoms with E-state index in [4.69, 9.17) is 39.5 Å². The van der Waals surface area contributed by atoms with Gasteiger partial charge in [0.15, 0.2) is 0 Å². The zero-order valence-electron chi connectivity index (χ0n) is 12.9. The molecule has 1 rings (SSSR count). The minimum Gasteiger partial charge on any atom is -0.495 e. The number of hydrogen-bond acceptors (Lipinski definition) is 1. The zero-order valence-corrected chi connectivity index (χ0v) is 15.2. The minimum atomic E-state index is -0.0865. The number of benzene rings is 1. The third-order valence-corrected chi connectivity index (χ3v) is 4.75. The van der Waals surface area contributed by atoms with Crippen LogP contribution in [0.1, 0.15) is 69.2 Å². The number of rotatable bonds is 10. The van der Waals surface area contributed by atoms with Crippen molar-refractivity contribution in [2.24, 2.45) is 0 Å². The Labute approximate surface area is 143 Å². The van der Waals surface area contributed by atoms with E-state index in [0.717, 1.165) is 18.4 Å². The average molecular weight is 352 g/mol. The molecule has 0 saturated heterocycles. The Balaban J connectivity index is 2.38. The Morgan fingerprint density at radius 1 is 0.952 bits per heavy atom. The number of hydrogen-bond donors (Lipinski definition) is 0. The van der Waals surface area contributed by atoms with Gasteiger partial charge in [-0.2, -0.15) is 0 Å². The molecule has 0 aromatic heterocycles. The highest BCUT2D eigenvalue weighted by atomic mass is 35.5. The summed E-state index contributed by atoms with van der Waals surface area (Å²) in [7, 11) is 1.58. The van der Waals surface area contributed by atoms with Gasteiger partial charge in [-0.1, -0.05) is 75.1 Å². The van der Waals surface area contributed by atoms with Crippen LogP contribution in [0.5, 0.6) is 5.75 Å². The first-order chi connectivity index (χ1) is 10.1. The Kier molecular flexibility index (Phi) is 9.55. The first-order valence-electron chi connectivity index (χ1n) is 7.77. The van der Waals surface area contributed by atoms with E-state index in [1.165, 1.54) is 38.5 Å². The van der Waals surface area contributed by atoms with Crippen molar-refractivity contribution in [3.63, 3.8) is 0 Å². The maximum absolute atomic E-state index is 6.46. The summed E-state index contributed by atoms with van der Waals surface area (Å²) in [5.74, 6) is 0.588. The van der Waals surface area contributed by atoms with Crippen molar-refractivity contribution in [2.75, 3.05) is 7.11 Å². The van der Waals surface area contributed by atoms with Crippen LogP contribution in [0.15, 0.2) is 12.1 Å². The second-order valence-corrected chi connectivity index (χ2v) is 6.73. The third kappa shape index (κ3) is 6.67. The molecule has 1 aromatic carbocycles. The summed E-state index contributed by atoms with van der Waals surface area (Å²) in [5.41, 5.74) is 0.898. The highest BCUT2D eigenvalue weighted by molar-refractivity contribution is 6.35. The molecule has 1 aromatic rings. The van der Waals surface area contributed by atoms with Gasteiger partial charge in [-0.25, -0.2) is 0 Å². The Morgan fingerprint density at radius 2 is 1.57 bits per heavy atom. The van der Waals surface area contributed by atoms with Crippen LogP contribution < -0.4 is 4.74 Å². The van der Waals surface area contributed by atoms with Crippen molar-refractivity contribution in [1.29, 1.82) is 0 Å². The molecule has 120 valence electrons. The normalized spacial score (nSPS) is 12.4. The van der Waals surface area contributed by atoms with Crippen LogP contribution in [0.2, 0.25) is 10.0 Å². The zero-order chi connectivity index (χ0) is 15.7. The topological polar surface area (TPSA) is 9.23 Å². The smallest absolute Gasteiger partial charge is 0.138 e. The number of ether oxygens (including phenoxy) is 1. The lowest BCUT2D eigenvalue weighted by atomic mass is 10.0. The van der Waals surface area contributed by atoms with E-state index in [0.29, 0.717) is 15.8 Å². The van der Waals surface area contributed by atoms with Gasteiger partial charge >= 0.3 is 0 Å². The van der Waals surface area contributed by atoms with Gasteiger partial charge in [0.25, 0.3) is 0 Å². The molecule has 0 heterocycles. The Bertz CT molecular complexity index is 421. The molecule has 1 nitrogen and oxygen atoms in total. The monoisotopic (exact) mass is 350 g/mol. The fraction of sp³-hybridized carbons (Fsp3) is 0.647. The fourth-order valence-electron chi connectivity index (χ4n) is 2.38. The Hall–Kier alpha value is -0.110. The molecule has 0 fully saturated rings. The molecule has 0 radical (unpaired) electrons. The van der Waals surface area contributed by atoms with Gasteiger partial charge in [-0.3, -0.25) is 0 Å². The Morgan fingerprint density at radius 3 is 2.19 bits per heavy atom. The van der Waals surface area contributed by atoms with Gasteiger partial charge in [-0.15, -0.1) is 11.6 Å². The molecule has 0 saturated carbocycles. The summed E-state index contributed by atoms with van der Waals surface area (Å²) in [5, 5.41) is 1.10. The van der Waals surface area contributed by atoms with Crippen LogP contribution in [0.25, 0.3) is 0 Å². The predicted molar refractivity (Wildman–Crippen MR) is 94.2 cm³/mol. The second-order valence-electron chi connectivity index (χ2n) is 5.39. The molecular formula is C17H25Cl3O. The van der Waals surface area contributed by atoms with Gasteiger partial charge in [0, 0.05) is 11.1 Å². The van der Waals surface area contributed by atoms with Crippen molar-refractivity contribution < 1.29 is 4.74 Å². The molecule has 0 amide bonds. The average Bonchev–Trinajstić information content (AvgIpc) is 2.48. The maximum Gasteiger partial charge on any atom is 0.138 e. The molecule has 1 atom stereocenters. The first kappa shape index (κ1) is 18.9. The predicted octanol–water partition coefficient (Wildman–Crippen LogP) is 7.42. The molecule has 0 spiro atoms. The third-order valence-electron chi connectivity index (χ3n) is 3.67. The molecule has 21 heavy (non-hydrogen) atoms. The summed E-state index contributed by atoms with van der Waals surface area (Å²) >= 11 is 18.8. The lowest BCUT2D eigenvalue weighted by Gasteiger charge is -2.14. The van der Waals surface area contributed by atoms with E-state index < -0.39 is 0 Å². The van der Waals surface area contributed by atoms with Gasteiger partial charge in [0.2, 0.25) is 0 Å². The minimum absolute atomic E-state index is 0.0865. The maximum atomic E-state index is 6.46. The summed E-state index contributed by atoms with van der Waals surface area (Å²) in [4.78, 5) is 0. The lowest BCUT2D eigenvalue weighted by Crippen LogP contribution is -1.95. The van der Waals surface area contributed by atoms with Crippen molar-refractivity contribution >= 4 is 34.8 Å². The SMILES string of the molecule is CCCCCCCCCC(Cl)c1cc(Cl)c(OC)cc1Cl. The van der Waals surface area contributed by atoms with Crippen molar-refractivity contribution in [1.82, 2.24) is 0 Å². The van der Waals surface area contributed by atoms with Crippen molar-refractivity contribution in [2.45, 2.75) is 63.7 Å². The van der Waals surface area contributed by atoms with Crippen LogP contribution in [-0.2, 0) is 0 Å². The van der Waals surface area contributed by atoms with Crippen LogP contribution in [0.3, 0.4) is 0 Å². The van der Waals surface area contributed by atoms with Crippen molar-refractivity contribution in [3.05, 3.63) is 27.7 Å². The molecular weight excluding hydrogens is 327 g/mol. The molecule has 0 bridgehead atoms. The number of methoxy groups -OCH3 is 1. The van der Waals surface area contributed by atoms with Crippen LogP contribution >= 0.6 is 34.8 Å². The van der Waals surface area contributed by atoms with E-state index in [1.54, 1.807) is 13.2 Å². The molecule has 0 N–H and O–H groups in total. The van der Waals surface area contributed by atoms with Crippen LogP contribution in [0, 0.1) is 0 Å². The summed E-state index contributed by atoms with van der Waals surface area (Å²) in [6.07, 6.45) is 9.89. The van der Waals surface area contributed by atoms with Crippen LogP contribution in [0.4, 0.5) is 0 Å². The quantitative estimate of drug-likeness (QED) is 0.314. The largest absolute Gasteiger partial charge is 0.495 e. The van der Waals surface area contributed by atoms with E-state index in [1.807, 2.05) is 6.07 Å². The summed E-state index contributed by atoms with van der Waals surface area (Å²) < 4.78 is 5.15. The number of unbranched alkanes of at least 4 members (excludes halogenated alkanes) is 6.